The van der Waals surface area contributed by atoms with E-state index in [2.05, 4.69) is 5.32 Å². The van der Waals surface area contributed by atoms with Crippen LogP contribution in [0.15, 0.2) is 48.5 Å². The van der Waals surface area contributed by atoms with Crippen molar-refractivity contribution in [2.45, 2.75) is 25.7 Å². The summed E-state index contributed by atoms with van der Waals surface area (Å²) in [7, 11) is 0. The first-order valence-corrected chi connectivity index (χ1v) is 6.51. The van der Waals surface area contributed by atoms with Gasteiger partial charge in [-0.05, 0) is 42.3 Å². The molecule has 0 spiro atoms. The van der Waals surface area contributed by atoms with Crippen molar-refractivity contribution < 1.29 is 17.6 Å². The average molecular weight is 297 g/mol. The number of hydrogen-bond donors (Lipinski definition) is 1. The van der Waals surface area contributed by atoms with Gasteiger partial charge in [-0.15, -0.1) is 0 Å². The molecule has 0 amide bonds. The van der Waals surface area contributed by atoms with Crippen molar-refractivity contribution in [1.29, 1.82) is 0 Å². The number of halogens is 4. The lowest BCUT2D eigenvalue weighted by Gasteiger charge is -2.16. The van der Waals surface area contributed by atoms with Gasteiger partial charge >= 0.3 is 6.18 Å². The van der Waals surface area contributed by atoms with Gasteiger partial charge in [0, 0.05) is 12.6 Å². The van der Waals surface area contributed by atoms with Crippen LogP contribution in [0.2, 0.25) is 0 Å². The Bertz CT molecular complexity index is 607. The van der Waals surface area contributed by atoms with Gasteiger partial charge in [0.2, 0.25) is 0 Å². The first-order valence-electron chi connectivity index (χ1n) is 6.51. The van der Waals surface area contributed by atoms with Crippen LogP contribution in [0.25, 0.3) is 0 Å². The maximum Gasteiger partial charge on any atom is 0.416 e. The molecule has 0 bridgehead atoms. The monoisotopic (exact) mass is 297 g/mol. The van der Waals surface area contributed by atoms with E-state index in [9.17, 15) is 17.6 Å². The van der Waals surface area contributed by atoms with E-state index in [1.165, 1.54) is 18.2 Å². The van der Waals surface area contributed by atoms with Gasteiger partial charge in [-0.3, -0.25) is 0 Å². The average Bonchev–Trinajstić information content (AvgIpc) is 2.44. The van der Waals surface area contributed by atoms with Crippen molar-refractivity contribution >= 4 is 0 Å². The van der Waals surface area contributed by atoms with Gasteiger partial charge in [0.05, 0.1) is 5.56 Å². The minimum Gasteiger partial charge on any atom is -0.306 e. The lowest BCUT2D eigenvalue weighted by molar-refractivity contribution is -0.137. The minimum atomic E-state index is -4.35. The topological polar surface area (TPSA) is 12.0 Å². The van der Waals surface area contributed by atoms with E-state index in [1.54, 1.807) is 25.1 Å². The SMILES string of the molecule is CC(NCc1cccc(F)c1)c1cccc(C(F)(F)F)c1. The van der Waals surface area contributed by atoms with Crippen LogP contribution in [0, 0.1) is 5.82 Å². The summed E-state index contributed by atoms with van der Waals surface area (Å²) in [5.74, 6) is -0.332. The second-order valence-corrected chi connectivity index (χ2v) is 4.86. The molecule has 0 aromatic heterocycles. The van der Waals surface area contributed by atoms with Crippen LogP contribution in [0.3, 0.4) is 0 Å². The highest BCUT2D eigenvalue weighted by Gasteiger charge is 2.30. The first kappa shape index (κ1) is 15.5. The van der Waals surface area contributed by atoms with E-state index in [0.717, 1.165) is 17.7 Å². The van der Waals surface area contributed by atoms with E-state index < -0.39 is 11.7 Å². The normalized spacial score (nSPS) is 13.2. The zero-order valence-electron chi connectivity index (χ0n) is 11.4. The Balaban J connectivity index is 2.05. The van der Waals surface area contributed by atoms with Crippen LogP contribution in [-0.4, -0.2) is 0 Å². The largest absolute Gasteiger partial charge is 0.416 e. The molecule has 0 aliphatic rings. The van der Waals surface area contributed by atoms with Gasteiger partial charge in [0.1, 0.15) is 5.82 Å². The van der Waals surface area contributed by atoms with Crippen LogP contribution in [-0.2, 0) is 12.7 Å². The van der Waals surface area contributed by atoms with E-state index in [1.807, 2.05) is 0 Å². The second kappa shape index (κ2) is 6.26. The number of rotatable bonds is 4. The summed E-state index contributed by atoms with van der Waals surface area (Å²) in [5.41, 5.74) is 0.620. The summed E-state index contributed by atoms with van der Waals surface area (Å²) >= 11 is 0. The second-order valence-electron chi connectivity index (χ2n) is 4.86. The van der Waals surface area contributed by atoms with Gasteiger partial charge in [0.15, 0.2) is 0 Å². The molecule has 0 radical (unpaired) electrons. The summed E-state index contributed by atoms with van der Waals surface area (Å²) in [6, 6.07) is 11.0. The Kier molecular flexibility index (Phi) is 4.63. The molecule has 0 saturated carbocycles. The van der Waals surface area contributed by atoms with Crippen molar-refractivity contribution in [3.63, 3.8) is 0 Å². The molecule has 0 heterocycles. The first-order chi connectivity index (χ1) is 9.86. The highest BCUT2D eigenvalue weighted by Crippen LogP contribution is 2.30. The molecule has 112 valence electrons. The summed E-state index contributed by atoms with van der Waals surface area (Å²) in [6.07, 6.45) is -4.35. The molecule has 2 aromatic rings. The fourth-order valence-corrected chi connectivity index (χ4v) is 2.02. The third-order valence-corrected chi connectivity index (χ3v) is 3.22. The smallest absolute Gasteiger partial charge is 0.306 e. The zero-order chi connectivity index (χ0) is 15.5. The van der Waals surface area contributed by atoms with Crippen LogP contribution >= 0.6 is 0 Å². The van der Waals surface area contributed by atoms with E-state index in [-0.39, 0.29) is 11.9 Å². The molecule has 2 aromatic carbocycles. The standard InChI is InChI=1S/C16H15F4N/c1-11(21-10-12-4-2-7-15(17)8-12)13-5-3-6-14(9-13)16(18,19)20/h2-9,11,21H,10H2,1H3. The number of nitrogens with one attached hydrogen (secondary N) is 1. The predicted octanol–water partition coefficient (Wildman–Crippen LogP) is 4.70. The molecule has 1 N–H and O–H groups in total. The molecular weight excluding hydrogens is 282 g/mol. The zero-order valence-corrected chi connectivity index (χ0v) is 11.4. The van der Waals surface area contributed by atoms with Crippen LogP contribution in [0.5, 0.6) is 0 Å². The molecule has 0 fully saturated rings. The maximum absolute atomic E-state index is 13.0. The Hall–Kier alpha value is -1.88. The molecule has 21 heavy (non-hydrogen) atoms. The summed E-state index contributed by atoms with van der Waals surface area (Å²) in [4.78, 5) is 0. The van der Waals surface area contributed by atoms with Crippen LogP contribution in [0.1, 0.15) is 29.7 Å². The quantitative estimate of drug-likeness (QED) is 0.807. The van der Waals surface area contributed by atoms with Gasteiger partial charge in [0.25, 0.3) is 0 Å². The number of benzene rings is 2. The lowest BCUT2D eigenvalue weighted by atomic mass is 10.0. The molecule has 0 saturated heterocycles. The Morgan fingerprint density at radius 1 is 1.05 bits per heavy atom. The van der Waals surface area contributed by atoms with Crippen molar-refractivity contribution in [1.82, 2.24) is 5.32 Å². The fraction of sp³-hybridized carbons (Fsp3) is 0.250. The van der Waals surface area contributed by atoms with Crippen molar-refractivity contribution in [3.8, 4) is 0 Å². The summed E-state index contributed by atoms with van der Waals surface area (Å²) in [5, 5.41) is 3.09. The maximum atomic E-state index is 13.0. The summed E-state index contributed by atoms with van der Waals surface area (Å²) in [6.45, 7) is 2.16. The molecule has 1 unspecified atom stereocenters. The Morgan fingerprint density at radius 3 is 2.43 bits per heavy atom. The molecule has 5 heteroatoms. The Labute approximate surface area is 120 Å². The van der Waals surface area contributed by atoms with Crippen LogP contribution in [0.4, 0.5) is 17.6 Å². The van der Waals surface area contributed by atoms with Crippen molar-refractivity contribution in [2.24, 2.45) is 0 Å². The predicted molar refractivity (Wildman–Crippen MR) is 73.1 cm³/mol. The molecule has 0 aliphatic heterocycles. The van der Waals surface area contributed by atoms with Gasteiger partial charge in [-0.2, -0.15) is 13.2 Å². The van der Waals surface area contributed by atoms with E-state index >= 15 is 0 Å². The number of alkyl halides is 3. The molecular formula is C16H15F4N. The van der Waals surface area contributed by atoms with Crippen molar-refractivity contribution in [2.75, 3.05) is 0 Å². The number of hydrogen-bond acceptors (Lipinski definition) is 1. The Morgan fingerprint density at radius 2 is 1.76 bits per heavy atom. The lowest BCUT2D eigenvalue weighted by Crippen LogP contribution is -2.18. The molecule has 2 rings (SSSR count). The highest BCUT2D eigenvalue weighted by atomic mass is 19.4. The molecule has 1 atom stereocenters. The third kappa shape index (κ3) is 4.29. The highest BCUT2D eigenvalue weighted by molar-refractivity contribution is 5.28. The van der Waals surface area contributed by atoms with Gasteiger partial charge in [-0.1, -0.05) is 24.3 Å². The van der Waals surface area contributed by atoms with E-state index in [0.29, 0.717) is 12.1 Å². The fourth-order valence-electron chi connectivity index (χ4n) is 2.02. The van der Waals surface area contributed by atoms with Gasteiger partial charge < -0.3 is 5.32 Å². The summed E-state index contributed by atoms with van der Waals surface area (Å²) < 4.78 is 51.0. The molecule has 0 aliphatic carbocycles. The van der Waals surface area contributed by atoms with Crippen LogP contribution < -0.4 is 5.32 Å². The minimum absolute atomic E-state index is 0.268. The van der Waals surface area contributed by atoms with E-state index in [4.69, 9.17) is 0 Å². The molecule has 1 nitrogen and oxygen atoms in total. The third-order valence-electron chi connectivity index (χ3n) is 3.22. The van der Waals surface area contributed by atoms with Crippen molar-refractivity contribution in [3.05, 3.63) is 71.0 Å². The van der Waals surface area contributed by atoms with Gasteiger partial charge in [-0.25, -0.2) is 4.39 Å².